The molecule has 14 aromatic rings. The van der Waals surface area contributed by atoms with E-state index in [2.05, 4.69) is 232 Å². The molecule has 0 saturated heterocycles. The van der Waals surface area contributed by atoms with Crippen LogP contribution < -0.4 is 0 Å². The zero-order chi connectivity index (χ0) is 66.3. The van der Waals surface area contributed by atoms with Gasteiger partial charge >= 0.3 is 0 Å². The Bertz CT molecular complexity index is 4240. The maximum atomic E-state index is 12.9. The second-order valence-electron chi connectivity index (χ2n) is 22.9. The third-order valence-electron chi connectivity index (χ3n) is 15.1. The van der Waals surface area contributed by atoms with Gasteiger partial charge in [-0.25, -0.2) is 8.78 Å². The fourth-order valence-corrected chi connectivity index (χ4v) is 9.74. The Hall–Kier alpha value is -11.3. The van der Waals surface area contributed by atoms with Gasteiger partial charge in [-0.3, -0.25) is 19.9 Å². The zero-order valence-corrected chi connectivity index (χ0v) is 54.9. The standard InChI is InChI=1S/C14H14.2C13H11F.4C12H11N/c1-11-6-8-13(9-7-11)14-5-3-4-12(2)10-14;1-10-2-4-11(5-3-10)12-6-8-13(14)9-7-12;1-10-5-7-11(8-6-10)12-3-2-4-13(14)9-12;1-10-2-4-11(5-3-10)12-6-8-13-9-7-12;1-10-4-6-11(7-5-10)12-3-2-8-13-9-12;1-10-3-2-4-12(9-10)11-5-7-13-8-6-11;1-10-4-2-3-5-12(10)11-6-8-13-9-7-11/h3-10H,1-2H3;2*2-9H,1H3;4*2-9H,1H3. The molecule has 94 heavy (non-hydrogen) atoms. The Kier molecular flexibility index (Phi) is 26.6. The van der Waals surface area contributed by atoms with Gasteiger partial charge in [-0.05, 0) is 206 Å². The van der Waals surface area contributed by atoms with Crippen LogP contribution in [0.15, 0.2) is 341 Å². The zero-order valence-electron chi connectivity index (χ0n) is 54.9. The Balaban J connectivity index is 0.000000141. The number of hydrogen-bond acceptors (Lipinski definition) is 4. The second-order valence-corrected chi connectivity index (χ2v) is 22.9. The summed E-state index contributed by atoms with van der Waals surface area (Å²) in [5, 5.41) is 0. The molecule has 0 unspecified atom stereocenters. The molecule has 466 valence electrons. The number of hydrogen-bond donors (Lipinski definition) is 0. The predicted octanol–water partition coefficient (Wildman–Crippen LogP) is 23.8. The van der Waals surface area contributed by atoms with Crippen LogP contribution in [0.4, 0.5) is 8.78 Å². The molecule has 0 atom stereocenters. The van der Waals surface area contributed by atoms with E-state index in [1.165, 1.54) is 118 Å². The van der Waals surface area contributed by atoms with Gasteiger partial charge in [0, 0.05) is 49.6 Å². The first-order valence-corrected chi connectivity index (χ1v) is 31.4. The predicted molar refractivity (Wildman–Crippen MR) is 392 cm³/mol. The summed E-state index contributed by atoms with van der Waals surface area (Å²) in [5.74, 6) is -0.385. The lowest BCUT2D eigenvalue weighted by atomic mass is 10.0. The van der Waals surface area contributed by atoms with Crippen molar-refractivity contribution in [3.05, 3.63) is 397 Å². The summed E-state index contributed by atoms with van der Waals surface area (Å²) >= 11 is 0. The maximum absolute atomic E-state index is 12.9. The van der Waals surface area contributed by atoms with Crippen molar-refractivity contribution in [1.82, 2.24) is 19.9 Å². The van der Waals surface area contributed by atoms with Crippen LogP contribution in [0.1, 0.15) is 44.5 Å². The number of aromatic nitrogens is 4. The Labute approximate surface area is 555 Å². The summed E-state index contributed by atoms with van der Waals surface area (Å²) in [4.78, 5) is 16.1. The van der Waals surface area contributed by atoms with E-state index in [4.69, 9.17) is 0 Å². The summed E-state index contributed by atoms with van der Waals surface area (Å²) in [6, 6.07) is 96.6. The van der Waals surface area contributed by atoms with Crippen molar-refractivity contribution in [2.75, 3.05) is 0 Å². The average molecular weight is 1230 g/mol. The molecule has 0 aliphatic rings. The van der Waals surface area contributed by atoms with Crippen molar-refractivity contribution >= 4 is 0 Å². The molecular weight excluding hydrogens is 1150 g/mol. The Morgan fingerprint density at radius 2 is 0.500 bits per heavy atom. The van der Waals surface area contributed by atoms with E-state index in [0.717, 1.165) is 22.3 Å². The minimum absolute atomic E-state index is 0.192. The number of benzene rings is 10. The highest BCUT2D eigenvalue weighted by atomic mass is 19.1. The van der Waals surface area contributed by atoms with Crippen molar-refractivity contribution < 1.29 is 8.78 Å². The quantitative estimate of drug-likeness (QED) is 0.160. The summed E-state index contributed by atoms with van der Waals surface area (Å²) < 4.78 is 25.6. The fraction of sp³-hybridized carbons (Fsp3) is 0.0909. The van der Waals surface area contributed by atoms with Gasteiger partial charge in [-0.2, -0.15) is 0 Å². The van der Waals surface area contributed by atoms with Crippen LogP contribution >= 0.6 is 0 Å². The molecule has 0 amide bonds. The van der Waals surface area contributed by atoms with Gasteiger partial charge in [-0.1, -0.05) is 263 Å². The first-order valence-electron chi connectivity index (χ1n) is 31.4. The van der Waals surface area contributed by atoms with Crippen molar-refractivity contribution in [2.45, 2.75) is 55.4 Å². The van der Waals surface area contributed by atoms with Gasteiger partial charge in [-0.15, -0.1) is 0 Å². The van der Waals surface area contributed by atoms with E-state index in [1.807, 2.05) is 135 Å². The van der Waals surface area contributed by atoms with Gasteiger partial charge in [0.15, 0.2) is 0 Å². The molecule has 0 N–H and O–H groups in total. The molecule has 0 aliphatic heterocycles. The molecule has 14 rings (SSSR count). The molecule has 10 aromatic carbocycles. The van der Waals surface area contributed by atoms with Crippen LogP contribution in [-0.4, -0.2) is 19.9 Å². The lowest BCUT2D eigenvalue weighted by Gasteiger charge is -2.03. The lowest BCUT2D eigenvalue weighted by molar-refractivity contribution is 0.627. The van der Waals surface area contributed by atoms with E-state index in [-0.39, 0.29) is 11.6 Å². The molecule has 0 aliphatic carbocycles. The monoisotopic (exact) mass is 1230 g/mol. The van der Waals surface area contributed by atoms with E-state index in [1.54, 1.807) is 30.5 Å². The van der Waals surface area contributed by atoms with E-state index in [9.17, 15) is 8.78 Å². The van der Waals surface area contributed by atoms with Crippen LogP contribution in [-0.2, 0) is 0 Å². The molecular formula is C88H80F2N4. The Morgan fingerprint density at radius 3 is 0.862 bits per heavy atom. The van der Waals surface area contributed by atoms with Gasteiger partial charge in [0.05, 0.1) is 0 Å². The Morgan fingerprint density at radius 1 is 0.191 bits per heavy atom. The van der Waals surface area contributed by atoms with Crippen molar-refractivity contribution in [2.24, 2.45) is 0 Å². The van der Waals surface area contributed by atoms with Crippen LogP contribution in [0.3, 0.4) is 0 Å². The van der Waals surface area contributed by atoms with Gasteiger partial charge in [0.25, 0.3) is 0 Å². The second kappa shape index (κ2) is 36.5. The number of halogens is 2. The minimum Gasteiger partial charge on any atom is -0.265 e. The molecule has 6 heteroatoms. The highest BCUT2D eigenvalue weighted by molar-refractivity contribution is 5.69. The number of rotatable bonds is 7. The highest BCUT2D eigenvalue weighted by Crippen LogP contribution is 2.26. The van der Waals surface area contributed by atoms with E-state index >= 15 is 0 Å². The molecule has 0 saturated carbocycles. The van der Waals surface area contributed by atoms with Gasteiger partial charge < -0.3 is 0 Å². The van der Waals surface area contributed by atoms with Gasteiger partial charge in [0.2, 0.25) is 0 Å². The van der Waals surface area contributed by atoms with Crippen LogP contribution in [0, 0.1) is 67.0 Å². The van der Waals surface area contributed by atoms with Crippen molar-refractivity contribution in [3.8, 4) is 77.9 Å². The summed E-state index contributed by atoms with van der Waals surface area (Å²) in [5.41, 5.74) is 26.8. The number of aryl methyl sites for hydroxylation is 8. The number of nitrogens with zero attached hydrogens (tertiary/aromatic N) is 4. The minimum atomic E-state index is -0.194. The molecule has 0 fully saturated rings. The average Bonchev–Trinajstić information content (AvgIpc) is 1.99. The maximum Gasteiger partial charge on any atom is 0.123 e. The summed E-state index contributed by atoms with van der Waals surface area (Å²) in [6.45, 7) is 16.7. The normalized spacial score (nSPS) is 10.0. The molecule has 0 bridgehead atoms. The number of pyridine rings is 4. The van der Waals surface area contributed by atoms with Crippen molar-refractivity contribution in [3.63, 3.8) is 0 Å². The molecule has 0 radical (unpaired) electrons. The fourth-order valence-electron chi connectivity index (χ4n) is 9.74. The smallest absolute Gasteiger partial charge is 0.123 e. The third kappa shape index (κ3) is 22.9. The van der Waals surface area contributed by atoms with Crippen LogP contribution in [0.2, 0.25) is 0 Å². The van der Waals surface area contributed by atoms with Crippen LogP contribution in [0.5, 0.6) is 0 Å². The first-order chi connectivity index (χ1) is 45.7. The highest BCUT2D eigenvalue weighted by Gasteiger charge is 2.03. The van der Waals surface area contributed by atoms with E-state index < -0.39 is 0 Å². The molecule has 4 aromatic heterocycles. The largest absolute Gasteiger partial charge is 0.265 e. The lowest BCUT2D eigenvalue weighted by Crippen LogP contribution is -1.81. The summed E-state index contributed by atoms with van der Waals surface area (Å²) in [7, 11) is 0. The topological polar surface area (TPSA) is 51.6 Å². The molecule has 4 heterocycles. The van der Waals surface area contributed by atoms with E-state index in [0.29, 0.717) is 0 Å². The summed E-state index contributed by atoms with van der Waals surface area (Å²) in [6.07, 6.45) is 14.6. The molecule has 4 nitrogen and oxygen atoms in total. The van der Waals surface area contributed by atoms with Crippen LogP contribution in [0.25, 0.3) is 77.9 Å². The third-order valence-corrected chi connectivity index (χ3v) is 15.1. The first kappa shape index (κ1) is 68.6. The SMILES string of the molecule is Cc1ccc(-c2ccc(F)cc2)cc1.Cc1ccc(-c2cccc(C)c2)cc1.Cc1ccc(-c2cccc(F)c2)cc1.Cc1ccc(-c2cccnc2)cc1.Cc1ccc(-c2ccncc2)cc1.Cc1cccc(-c2ccncc2)c1.Cc1ccccc1-c1ccncc1. The van der Waals surface area contributed by atoms with Crippen molar-refractivity contribution in [1.29, 1.82) is 0 Å². The molecule has 0 spiro atoms. The van der Waals surface area contributed by atoms with Gasteiger partial charge in [0.1, 0.15) is 11.6 Å².